The van der Waals surface area contributed by atoms with E-state index in [4.69, 9.17) is 5.84 Å². The Morgan fingerprint density at radius 2 is 1.75 bits per heavy atom. The van der Waals surface area contributed by atoms with Gasteiger partial charge in [-0.05, 0) is 0 Å². The average Bonchev–Trinajstić information content (AvgIpc) is 2.34. The second-order valence-corrected chi connectivity index (χ2v) is 3.77. The van der Waals surface area contributed by atoms with E-state index in [9.17, 15) is 22.0 Å². The van der Waals surface area contributed by atoms with Crippen molar-refractivity contribution in [3.8, 4) is 6.01 Å². The van der Waals surface area contributed by atoms with Gasteiger partial charge in [0, 0.05) is 14.1 Å². The lowest BCUT2D eigenvalue weighted by molar-refractivity contribution is -0.290. The van der Waals surface area contributed by atoms with Crippen LogP contribution in [0.3, 0.4) is 0 Å². The zero-order valence-corrected chi connectivity index (χ0v) is 10.4. The molecule has 12 heteroatoms. The lowest BCUT2D eigenvalue weighted by atomic mass is 10.3. The highest BCUT2D eigenvalue weighted by atomic mass is 19.4. The largest absolute Gasteiger partial charge is 0.456 e. The van der Waals surface area contributed by atoms with Crippen LogP contribution in [0.4, 0.5) is 33.8 Å². The number of alkyl halides is 5. The molecule has 0 bridgehead atoms. The molecular weight excluding hydrogens is 291 g/mol. The Kier molecular flexibility index (Phi) is 4.47. The predicted octanol–water partition coefficient (Wildman–Crippen LogP) is 0.800. The van der Waals surface area contributed by atoms with Gasteiger partial charge in [0.1, 0.15) is 0 Å². The lowest BCUT2D eigenvalue weighted by Crippen LogP contribution is -2.42. The summed E-state index contributed by atoms with van der Waals surface area (Å²) in [7, 11) is 3.04. The van der Waals surface area contributed by atoms with Crippen molar-refractivity contribution < 1.29 is 26.7 Å². The van der Waals surface area contributed by atoms with Gasteiger partial charge in [0.05, 0.1) is 0 Å². The number of nitrogens with zero attached hydrogens (tertiary/aromatic N) is 4. The van der Waals surface area contributed by atoms with Crippen LogP contribution in [0.1, 0.15) is 0 Å². The summed E-state index contributed by atoms with van der Waals surface area (Å²) in [5.41, 5.74) is 2.01. The number of anilines is 2. The van der Waals surface area contributed by atoms with Crippen LogP contribution in [0.25, 0.3) is 0 Å². The zero-order valence-electron chi connectivity index (χ0n) is 10.4. The van der Waals surface area contributed by atoms with Crippen LogP contribution in [-0.4, -0.2) is 47.8 Å². The summed E-state index contributed by atoms with van der Waals surface area (Å²) in [5, 5.41) is 0. The van der Waals surface area contributed by atoms with Crippen LogP contribution < -0.4 is 20.9 Å². The highest BCUT2D eigenvalue weighted by Gasteiger charge is 2.58. The number of hydrogen-bond acceptors (Lipinski definition) is 7. The molecule has 20 heavy (non-hydrogen) atoms. The molecule has 0 aliphatic heterocycles. The van der Waals surface area contributed by atoms with E-state index < -0.39 is 24.7 Å². The molecule has 1 heterocycles. The van der Waals surface area contributed by atoms with E-state index in [1.54, 1.807) is 0 Å². The SMILES string of the molecule is CN(C)c1nc(NN)nc(OCC(F)(F)C(F)(F)F)n1. The zero-order chi connectivity index (χ0) is 15.6. The molecule has 3 N–H and O–H groups in total. The normalized spacial score (nSPS) is 12.2. The van der Waals surface area contributed by atoms with Crippen molar-refractivity contribution in [1.82, 2.24) is 15.0 Å². The quantitative estimate of drug-likeness (QED) is 0.472. The highest BCUT2D eigenvalue weighted by molar-refractivity contribution is 5.36. The van der Waals surface area contributed by atoms with E-state index in [1.165, 1.54) is 19.0 Å². The molecule has 0 aliphatic rings. The van der Waals surface area contributed by atoms with Gasteiger partial charge in [-0.3, -0.25) is 5.43 Å². The van der Waals surface area contributed by atoms with E-state index in [2.05, 4.69) is 19.7 Å². The second kappa shape index (κ2) is 5.56. The summed E-state index contributed by atoms with van der Waals surface area (Å²) < 4.78 is 65.5. The molecule has 7 nitrogen and oxygen atoms in total. The Balaban J connectivity index is 2.90. The molecule has 0 atom stereocenters. The third kappa shape index (κ3) is 3.76. The number of nitrogens with two attached hydrogens (primary N) is 1. The average molecular weight is 302 g/mol. The molecule has 1 aromatic heterocycles. The fraction of sp³-hybridized carbons (Fsp3) is 0.625. The van der Waals surface area contributed by atoms with Gasteiger partial charge in [-0.2, -0.15) is 36.9 Å². The topological polar surface area (TPSA) is 89.2 Å². The van der Waals surface area contributed by atoms with Gasteiger partial charge in [0.25, 0.3) is 0 Å². The maximum Gasteiger partial charge on any atom is 0.456 e. The van der Waals surface area contributed by atoms with Crippen molar-refractivity contribution in [2.24, 2.45) is 5.84 Å². The van der Waals surface area contributed by atoms with Gasteiger partial charge < -0.3 is 9.64 Å². The summed E-state index contributed by atoms with van der Waals surface area (Å²) in [4.78, 5) is 12.0. The molecule has 0 unspecified atom stereocenters. The molecule has 0 saturated heterocycles. The molecule has 0 fully saturated rings. The fourth-order valence-corrected chi connectivity index (χ4v) is 0.912. The van der Waals surface area contributed by atoms with E-state index >= 15 is 0 Å². The molecule has 0 saturated carbocycles. The van der Waals surface area contributed by atoms with Crippen LogP contribution in [0.5, 0.6) is 6.01 Å². The minimum absolute atomic E-state index is 0.0294. The summed E-state index contributed by atoms with van der Waals surface area (Å²) in [6.07, 6.45) is -5.72. The highest BCUT2D eigenvalue weighted by Crippen LogP contribution is 2.35. The third-order valence-corrected chi connectivity index (χ3v) is 1.93. The number of nitrogens with one attached hydrogen (secondary N) is 1. The van der Waals surface area contributed by atoms with E-state index in [1.807, 2.05) is 5.43 Å². The minimum Gasteiger partial charge on any atom is -0.456 e. The van der Waals surface area contributed by atoms with Crippen molar-refractivity contribution in [2.45, 2.75) is 12.1 Å². The number of ether oxygens (including phenoxy) is 1. The summed E-state index contributed by atoms with van der Waals surface area (Å²) in [6.45, 7) is -1.95. The first kappa shape index (κ1) is 16.1. The van der Waals surface area contributed by atoms with Crippen LogP contribution in [0.2, 0.25) is 0 Å². The molecule has 0 aromatic carbocycles. The van der Waals surface area contributed by atoms with Gasteiger partial charge in [-0.15, -0.1) is 0 Å². The summed E-state index contributed by atoms with van der Waals surface area (Å²) in [5.74, 6) is -0.257. The van der Waals surface area contributed by atoms with Crippen molar-refractivity contribution in [2.75, 3.05) is 31.0 Å². The second-order valence-electron chi connectivity index (χ2n) is 3.77. The Labute approximate surface area is 109 Å². The van der Waals surface area contributed by atoms with Gasteiger partial charge in [-0.25, -0.2) is 5.84 Å². The van der Waals surface area contributed by atoms with E-state index in [0.29, 0.717) is 0 Å². The lowest BCUT2D eigenvalue weighted by Gasteiger charge is -2.19. The Hall–Kier alpha value is -1.98. The molecule has 1 rings (SSSR count). The number of nitrogen functional groups attached to an aromatic ring is 1. The summed E-state index contributed by atoms with van der Waals surface area (Å²) >= 11 is 0. The van der Waals surface area contributed by atoms with Gasteiger partial charge in [0.15, 0.2) is 6.61 Å². The van der Waals surface area contributed by atoms with Crippen molar-refractivity contribution in [1.29, 1.82) is 0 Å². The molecule has 0 amide bonds. The fourth-order valence-electron chi connectivity index (χ4n) is 0.912. The minimum atomic E-state index is -5.72. The number of rotatable bonds is 5. The predicted molar refractivity (Wildman–Crippen MR) is 58.5 cm³/mol. The molecular formula is C8H11F5N6O. The van der Waals surface area contributed by atoms with Gasteiger partial charge in [-0.1, -0.05) is 0 Å². The molecule has 1 aromatic rings. The van der Waals surface area contributed by atoms with Crippen LogP contribution >= 0.6 is 0 Å². The van der Waals surface area contributed by atoms with Crippen molar-refractivity contribution >= 4 is 11.9 Å². The third-order valence-electron chi connectivity index (χ3n) is 1.93. The smallest absolute Gasteiger partial charge is 0.456 e. The van der Waals surface area contributed by atoms with Crippen LogP contribution in [-0.2, 0) is 0 Å². The molecule has 0 spiro atoms. The Morgan fingerprint density at radius 3 is 2.20 bits per heavy atom. The van der Waals surface area contributed by atoms with Crippen molar-refractivity contribution in [3.63, 3.8) is 0 Å². The monoisotopic (exact) mass is 302 g/mol. The number of hydrogen-bond donors (Lipinski definition) is 2. The first-order valence-electron chi connectivity index (χ1n) is 5.04. The van der Waals surface area contributed by atoms with Gasteiger partial charge >= 0.3 is 18.1 Å². The molecule has 114 valence electrons. The number of aromatic nitrogens is 3. The van der Waals surface area contributed by atoms with E-state index in [-0.39, 0.29) is 11.9 Å². The van der Waals surface area contributed by atoms with Gasteiger partial charge in [0.2, 0.25) is 11.9 Å². The Bertz CT molecular complexity index is 465. The summed E-state index contributed by atoms with van der Waals surface area (Å²) in [6, 6.07) is -0.708. The Morgan fingerprint density at radius 1 is 1.15 bits per heavy atom. The van der Waals surface area contributed by atoms with Crippen LogP contribution in [0, 0.1) is 0 Å². The molecule has 0 radical (unpaired) electrons. The van der Waals surface area contributed by atoms with Crippen molar-refractivity contribution in [3.05, 3.63) is 0 Å². The standard InChI is InChI=1S/C8H11F5N6O/c1-19(2)5-15-4(18-14)16-6(17-5)20-3-7(9,10)8(11,12)13/h3,14H2,1-2H3,(H,15,16,17,18). The first-order chi connectivity index (χ1) is 9.06. The van der Waals surface area contributed by atoms with E-state index in [0.717, 1.165) is 0 Å². The number of hydrazine groups is 1. The molecule has 0 aliphatic carbocycles. The number of halogens is 5. The van der Waals surface area contributed by atoms with Crippen LogP contribution in [0.15, 0.2) is 0 Å². The maximum absolute atomic E-state index is 12.7. The first-order valence-corrected chi connectivity index (χ1v) is 5.04. The maximum atomic E-state index is 12.7.